The number of carbonyl (C=O) groups excluding carboxylic acids is 1. The lowest BCUT2D eigenvalue weighted by Crippen LogP contribution is -2.42. The number of thiazole rings is 1. The van der Waals surface area contributed by atoms with Gasteiger partial charge in [-0.15, -0.1) is 11.3 Å². The van der Waals surface area contributed by atoms with Gasteiger partial charge in [0.15, 0.2) is 0 Å². The number of amides is 1. The van der Waals surface area contributed by atoms with Gasteiger partial charge in [-0.2, -0.15) is 0 Å². The van der Waals surface area contributed by atoms with Crippen LogP contribution < -0.4 is 16.2 Å². The summed E-state index contributed by atoms with van der Waals surface area (Å²) in [5.74, 6) is -0.0289. The summed E-state index contributed by atoms with van der Waals surface area (Å²) in [6.07, 6.45) is 0.705. The Morgan fingerprint density at radius 1 is 1.39 bits per heavy atom. The van der Waals surface area contributed by atoms with Crippen LogP contribution in [0.25, 0.3) is 0 Å². The van der Waals surface area contributed by atoms with Crippen LogP contribution in [0.4, 0.5) is 0 Å². The van der Waals surface area contributed by atoms with E-state index < -0.39 is 0 Å². The second kappa shape index (κ2) is 6.97. The maximum absolute atomic E-state index is 12.3. The molecule has 23 heavy (non-hydrogen) atoms. The Balaban J connectivity index is 1.57. The van der Waals surface area contributed by atoms with E-state index in [1.165, 1.54) is 4.88 Å². The van der Waals surface area contributed by atoms with Gasteiger partial charge in [-0.3, -0.25) is 4.79 Å². The molecule has 0 saturated carbocycles. The van der Waals surface area contributed by atoms with Crippen molar-refractivity contribution in [3.63, 3.8) is 0 Å². The van der Waals surface area contributed by atoms with E-state index in [-0.39, 0.29) is 18.0 Å². The number of aromatic nitrogens is 1. The number of halogens is 1. The number of aryl methyl sites for hydroxylation is 2. The van der Waals surface area contributed by atoms with E-state index in [9.17, 15) is 4.79 Å². The molecule has 0 radical (unpaired) electrons. The fourth-order valence-corrected chi connectivity index (χ4v) is 3.91. The fourth-order valence-electron chi connectivity index (χ4n) is 2.72. The highest BCUT2D eigenvalue weighted by molar-refractivity contribution is 7.11. The minimum absolute atomic E-state index is 0.0289. The largest absolute Gasteiger partial charge is 0.351 e. The number of rotatable bonds is 4. The molecule has 2 atom stereocenters. The molecule has 1 aliphatic heterocycles. The highest BCUT2D eigenvalue weighted by Gasteiger charge is 2.32. The van der Waals surface area contributed by atoms with Gasteiger partial charge in [0.1, 0.15) is 6.04 Å². The number of nitrogens with one attached hydrogen (secondary N) is 3. The molecule has 3 N–H and O–H groups in total. The van der Waals surface area contributed by atoms with E-state index in [2.05, 4.69) is 21.2 Å². The van der Waals surface area contributed by atoms with E-state index in [4.69, 9.17) is 11.6 Å². The van der Waals surface area contributed by atoms with E-state index in [0.29, 0.717) is 18.0 Å². The zero-order valence-electron chi connectivity index (χ0n) is 13.0. The maximum Gasteiger partial charge on any atom is 0.238 e. The summed E-state index contributed by atoms with van der Waals surface area (Å²) in [7, 11) is 0. The molecule has 1 aromatic heterocycles. The second-order valence-electron chi connectivity index (χ2n) is 5.62. The summed E-state index contributed by atoms with van der Waals surface area (Å²) in [6.45, 7) is 4.43. The first-order valence-electron chi connectivity index (χ1n) is 7.50. The van der Waals surface area contributed by atoms with E-state index in [1.807, 2.05) is 38.1 Å². The Morgan fingerprint density at radius 2 is 2.17 bits per heavy atom. The van der Waals surface area contributed by atoms with E-state index in [0.717, 1.165) is 16.3 Å². The fraction of sp³-hybridized carbons (Fsp3) is 0.375. The first-order valence-corrected chi connectivity index (χ1v) is 8.70. The molecule has 5 nitrogen and oxygen atoms in total. The van der Waals surface area contributed by atoms with Crippen LogP contribution in [0.15, 0.2) is 24.3 Å². The lowest BCUT2D eigenvalue weighted by molar-refractivity contribution is -0.123. The molecule has 2 aromatic rings. The van der Waals surface area contributed by atoms with Gasteiger partial charge in [0, 0.05) is 16.4 Å². The Morgan fingerprint density at radius 3 is 2.87 bits per heavy atom. The van der Waals surface area contributed by atoms with Crippen molar-refractivity contribution in [3.05, 3.63) is 50.4 Å². The number of hydrazine groups is 1. The van der Waals surface area contributed by atoms with Crippen molar-refractivity contribution in [2.24, 2.45) is 0 Å². The third-order valence-corrected chi connectivity index (χ3v) is 5.44. The Labute approximate surface area is 144 Å². The van der Waals surface area contributed by atoms with Gasteiger partial charge >= 0.3 is 0 Å². The molecule has 0 bridgehead atoms. The van der Waals surface area contributed by atoms with Gasteiger partial charge in [-0.05, 0) is 31.9 Å². The lowest BCUT2D eigenvalue weighted by atomic mass is 10.1. The highest BCUT2D eigenvalue weighted by atomic mass is 35.5. The van der Waals surface area contributed by atoms with Crippen molar-refractivity contribution in [3.8, 4) is 0 Å². The number of hydrogen-bond acceptors (Lipinski definition) is 5. The highest BCUT2D eigenvalue weighted by Crippen LogP contribution is 2.30. The molecule has 0 aliphatic carbocycles. The topological polar surface area (TPSA) is 66.0 Å². The Kier molecular flexibility index (Phi) is 4.96. The van der Waals surface area contributed by atoms with Gasteiger partial charge in [0.2, 0.25) is 5.91 Å². The molecule has 122 valence electrons. The molecule has 2 unspecified atom stereocenters. The predicted molar refractivity (Wildman–Crippen MR) is 92.3 cm³/mol. The van der Waals surface area contributed by atoms with Crippen LogP contribution in [0, 0.1) is 13.8 Å². The van der Waals surface area contributed by atoms with Crippen molar-refractivity contribution < 1.29 is 4.79 Å². The summed E-state index contributed by atoms with van der Waals surface area (Å²) < 4.78 is 0. The first-order chi connectivity index (χ1) is 11.0. The Bertz CT molecular complexity index is 718. The van der Waals surface area contributed by atoms with Crippen LogP contribution in [-0.4, -0.2) is 16.9 Å². The van der Waals surface area contributed by atoms with Crippen molar-refractivity contribution in [1.82, 2.24) is 21.2 Å². The summed E-state index contributed by atoms with van der Waals surface area (Å²) in [5.41, 5.74) is 8.22. The Hall–Kier alpha value is -1.47. The molecule has 1 saturated heterocycles. The van der Waals surface area contributed by atoms with Crippen LogP contribution in [0.1, 0.15) is 33.6 Å². The summed E-state index contributed by atoms with van der Waals surface area (Å²) in [6, 6.07) is 7.38. The molecular weight excluding hydrogens is 332 g/mol. The predicted octanol–water partition coefficient (Wildman–Crippen LogP) is 2.64. The van der Waals surface area contributed by atoms with Gasteiger partial charge < -0.3 is 5.32 Å². The van der Waals surface area contributed by atoms with E-state index >= 15 is 0 Å². The molecular formula is C16H19ClN4OS. The van der Waals surface area contributed by atoms with Crippen molar-refractivity contribution in [1.29, 1.82) is 0 Å². The molecule has 0 spiro atoms. The van der Waals surface area contributed by atoms with Crippen LogP contribution in [-0.2, 0) is 11.3 Å². The molecule has 2 heterocycles. The summed E-state index contributed by atoms with van der Waals surface area (Å²) in [4.78, 5) is 18.0. The van der Waals surface area contributed by atoms with Crippen LogP contribution >= 0.6 is 22.9 Å². The molecule has 7 heteroatoms. The number of carbonyl (C=O) groups is 1. The van der Waals surface area contributed by atoms with Crippen LogP contribution in [0.5, 0.6) is 0 Å². The van der Waals surface area contributed by atoms with Gasteiger partial charge in [-0.25, -0.2) is 15.8 Å². The minimum Gasteiger partial charge on any atom is -0.351 e. The smallest absolute Gasteiger partial charge is 0.238 e. The average Bonchev–Trinajstić information content (AvgIpc) is 3.12. The van der Waals surface area contributed by atoms with Crippen molar-refractivity contribution >= 4 is 28.8 Å². The van der Waals surface area contributed by atoms with Crippen LogP contribution in [0.3, 0.4) is 0 Å². The molecule has 1 amide bonds. The zero-order valence-corrected chi connectivity index (χ0v) is 14.6. The lowest BCUT2D eigenvalue weighted by Gasteiger charge is -2.11. The quantitative estimate of drug-likeness (QED) is 0.793. The molecule has 1 aromatic carbocycles. The molecule has 1 aliphatic rings. The number of benzene rings is 1. The van der Waals surface area contributed by atoms with Crippen molar-refractivity contribution in [2.75, 3.05) is 0 Å². The third kappa shape index (κ3) is 3.72. The minimum atomic E-state index is -0.260. The second-order valence-corrected chi connectivity index (χ2v) is 7.26. The maximum atomic E-state index is 12.3. The summed E-state index contributed by atoms with van der Waals surface area (Å²) >= 11 is 7.78. The van der Waals surface area contributed by atoms with Crippen LogP contribution in [0.2, 0.25) is 5.02 Å². The van der Waals surface area contributed by atoms with Gasteiger partial charge in [0.25, 0.3) is 0 Å². The normalized spacial score (nSPS) is 20.7. The average molecular weight is 351 g/mol. The van der Waals surface area contributed by atoms with Gasteiger partial charge in [0.05, 0.1) is 16.7 Å². The van der Waals surface area contributed by atoms with E-state index in [1.54, 1.807) is 11.3 Å². The van der Waals surface area contributed by atoms with Gasteiger partial charge in [-0.1, -0.05) is 29.8 Å². The third-order valence-electron chi connectivity index (χ3n) is 3.89. The number of hydrogen-bond donors (Lipinski definition) is 3. The SMILES string of the molecule is Cc1nc(C)c(C2CC(C(=O)NCc3ccccc3Cl)NN2)s1. The standard InChI is InChI=1S/C16H19ClN4OS/c1-9-15(23-10(2)19-9)13-7-14(21-20-13)16(22)18-8-11-5-3-4-6-12(11)17/h3-6,13-14,20-21H,7-8H2,1-2H3,(H,18,22). The molecule has 1 fully saturated rings. The molecule has 3 rings (SSSR count). The van der Waals surface area contributed by atoms with Crippen molar-refractivity contribution in [2.45, 2.75) is 38.9 Å². The first kappa shape index (κ1) is 16.4. The summed E-state index contributed by atoms with van der Waals surface area (Å²) in [5, 5.41) is 4.65. The number of nitrogens with zero attached hydrogens (tertiary/aromatic N) is 1. The zero-order chi connectivity index (χ0) is 16.4. The monoisotopic (exact) mass is 350 g/mol.